The summed E-state index contributed by atoms with van der Waals surface area (Å²) >= 11 is 1.57. The first-order valence-corrected chi connectivity index (χ1v) is 8.21. The van der Waals surface area contributed by atoms with E-state index in [0.717, 1.165) is 22.8 Å². The molecule has 2 N–H and O–H groups in total. The van der Waals surface area contributed by atoms with Crippen molar-refractivity contribution in [3.8, 4) is 6.07 Å². The van der Waals surface area contributed by atoms with Crippen molar-refractivity contribution in [3.63, 3.8) is 0 Å². The van der Waals surface area contributed by atoms with Crippen LogP contribution in [0.3, 0.4) is 0 Å². The molecule has 2 rings (SSSR count). The third kappa shape index (κ3) is 5.74. The van der Waals surface area contributed by atoms with Gasteiger partial charge in [-0.1, -0.05) is 0 Å². The molecule has 1 heterocycles. The van der Waals surface area contributed by atoms with E-state index in [1.165, 1.54) is 0 Å². The summed E-state index contributed by atoms with van der Waals surface area (Å²) in [7, 11) is 3.89. The molecule has 2 aromatic rings. The number of rotatable bonds is 7. The molecule has 0 bridgehead atoms. The van der Waals surface area contributed by atoms with Crippen molar-refractivity contribution in [1.29, 1.82) is 5.26 Å². The summed E-state index contributed by atoms with van der Waals surface area (Å²) in [5.41, 5.74) is 2.47. The van der Waals surface area contributed by atoms with Crippen LogP contribution in [0.1, 0.15) is 16.9 Å². The highest BCUT2D eigenvalue weighted by Gasteiger charge is 2.03. The third-order valence-corrected chi connectivity index (χ3v) is 4.14. The number of hydrogen-bond acceptors (Lipinski definition) is 5. The molecule has 0 aliphatic heterocycles. The van der Waals surface area contributed by atoms with E-state index in [1.807, 2.05) is 54.7 Å². The lowest BCUT2D eigenvalue weighted by atomic mass is 10.2. The Morgan fingerprint density at radius 3 is 2.57 bits per heavy atom. The Labute approximate surface area is 140 Å². The number of hydrogen-bond donors (Lipinski definition) is 2. The maximum absolute atomic E-state index is 11.8. The second-order valence-corrected chi connectivity index (χ2v) is 6.44. The van der Waals surface area contributed by atoms with Gasteiger partial charge in [0.25, 0.3) is 0 Å². The SMILES string of the molecule is CN(C)CCC(=O)Nc1ccc(NCc2cc(C#N)cs2)cc1. The molecule has 23 heavy (non-hydrogen) atoms. The molecule has 0 atom stereocenters. The normalized spacial score (nSPS) is 10.3. The molecule has 120 valence electrons. The summed E-state index contributed by atoms with van der Waals surface area (Å²) in [5, 5.41) is 16.8. The predicted octanol–water partition coefficient (Wildman–Crippen LogP) is 3.12. The molecule has 0 spiro atoms. The van der Waals surface area contributed by atoms with Crippen LogP contribution >= 0.6 is 11.3 Å². The van der Waals surface area contributed by atoms with Crippen molar-refractivity contribution in [2.24, 2.45) is 0 Å². The lowest BCUT2D eigenvalue weighted by Crippen LogP contribution is -2.20. The molecule has 0 saturated carbocycles. The quantitative estimate of drug-likeness (QED) is 0.819. The molecule has 0 radical (unpaired) electrons. The first kappa shape index (κ1) is 17.0. The van der Waals surface area contributed by atoms with Crippen molar-refractivity contribution < 1.29 is 4.79 Å². The second-order valence-electron chi connectivity index (χ2n) is 5.45. The van der Waals surface area contributed by atoms with E-state index in [1.54, 1.807) is 11.3 Å². The Kier molecular flexibility index (Phi) is 6.15. The number of amides is 1. The van der Waals surface area contributed by atoms with E-state index in [9.17, 15) is 4.79 Å². The number of anilines is 2. The van der Waals surface area contributed by atoms with Crippen molar-refractivity contribution in [1.82, 2.24) is 4.90 Å². The number of thiophene rings is 1. The summed E-state index contributed by atoms with van der Waals surface area (Å²) in [4.78, 5) is 14.9. The average Bonchev–Trinajstić information content (AvgIpc) is 3.00. The Balaban J connectivity index is 1.82. The van der Waals surface area contributed by atoms with Crippen LogP contribution < -0.4 is 10.6 Å². The van der Waals surface area contributed by atoms with Gasteiger partial charge in [-0.05, 0) is 44.4 Å². The molecule has 0 saturated heterocycles. The van der Waals surface area contributed by atoms with Gasteiger partial charge in [0.15, 0.2) is 0 Å². The lowest BCUT2D eigenvalue weighted by Gasteiger charge is -2.10. The lowest BCUT2D eigenvalue weighted by molar-refractivity contribution is -0.116. The molecule has 0 unspecified atom stereocenters. The van der Waals surface area contributed by atoms with E-state index >= 15 is 0 Å². The molecule has 6 heteroatoms. The number of nitriles is 1. The summed E-state index contributed by atoms with van der Waals surface area (Å²) < 4.78 is 0. The van der Waals surface area contributed by atoms with Crippen molar-refractivity contribution >= 4 is 28.6 Å². The van der Waals surface area contributed by atoms with Crippen LogP contribution in [-0.2, 0) is 11.3 Å². The van der Waals surface area contributed by atoms with E-state index in [-0.39, 0.29) is 5.91 Å². The summed E-state index contributed by atoms with van der Waals surface area (Å²) in [6.45, 7) is 1.41. The third-order valence-electron chi connectivity index (χ3n) is 3.20. The van der Waals surface area contributed by atoms with Crippen molar-refractivity contribution in [2.75, 3.05) is 31.3 Å². The van der Waals surface area contributed by atoms with Crippen LogP contribution in [-0.4, -0.2) is 31.4 Å². The minimum Gasteiger partial charge on any atom is -0.380 e. The highest BCUT2D eigenvalue weighted by atomic mass is 32.1. The van der Waals surface area contributed by atoms with Crippen LogP contribution in [0.2, 0.25) is 0 Å². The molecule has 1 aromatic heterocycles. The zero-order chi connectivity index (χ0) is 16.7. The fourth-order valence-electron chi connectivity index (χ4n) is 1.94. The zero-order valence-corrected chi connectivity index (χ0v) is 14.1. The van der Waals surface area contributed by atoms with Crippen LogP contribution in [0.4, 0.5) is 11.4 Å². The van der Waals surface area contributed by atoms with E-state index < -0.39 is 0 Å². The van der Waals surface area contributed by atoms with Gasteiger partial charge in [0.05, 0.1) is 5.56 Å². The fourth-order valence-corrected chi connectivity index (χ4v) is 2.69. The Bertz CT molecular complexity index is 685. The molecule has 5 nitrogen and oxygen atoms in total. The number of nitrogens with zero attached hydrogens (tertiary/aromatic N) is 2. The van der Waals surface area contributed by atoms with Crippen LogP contribution in [0.15, 0.2) is 35.7 Å². The second kappa shape index (κ2) is 8.32. The fraction of sp³-hybridized carbons (Fsp3) is 0.294. The minimum atomic E-state index is 0.0158. The average molecular weight is 328 g/mol. The minimum absolute atomic E-state index is 0.0158. The molecular weight excluding hydrogens is 308 g/mol. The van der Waals surface area contributed by atoms with Crippen molar-refractivity contribution in [3.05, 3.63) is 46.2 Å². The standard InChI is InChI=1S/C17H20N4OS/c1-21(2)8-7-17(22)20-15-5-3-14(4-6-15)19-11-16-9-13(10-18)12-23-16/h3-6,9,12,19H,7-8,11H2,1-2H3,(H,20,22). The number of carbonyl (C=O) groups is 1. The molecule has 0 fully saturated rings. The maximum atomic E-state index is 11.8. The maximum Gasteiger partial charge on any atom is 0.225 e. The number of carbonyl (C=O) groups excluding carboxylic acids is 1. The number of benzene rings is 1. The van der Waals surface area contributed by atoms with Crippen LogP contribution in [0, 0.1) is 11.3 Å². The van der Waals surface area contributed by atoms with Gasteiger partial charge in [-0.3, -0.25) is 4.79 Å². The monoisotopic (exact) mass is 328 g/mol. The summed E-state index contributed by atoms with van der Waals surface area (Å²) in [6, 6.07) is 11.6. The van der Waals surface area contributed by atoms with E-state index in [0.29, 0.717) is 18.5 Å². The smallest absolute Gasteiger partial charge is 0.225 e. The topological polar surface area (TPSA) is 68.2 Å². The van der Waals surface area contributed by atoms with Gasteiger partial charge >= 0.3 is 0 Å². The first-order valence-electron chi connectivity index (χ1n) is 7.33. The molecule has 0 aliphatic carbocycles. The zero-order valence-electron chi connectivity index (χ0n) is 13.3. The molecule has 1 amide bonds. The Morgan fingerprint density at radius 1 is 1.26 bits per heavy atom. The molecular formula is C17H20N4OS. The van der Waals surface area contributed by atoms with E-state index in [2.05, 4.69) is 16.7 Å². The van der Waals surface area contributed by atoms with Crippen LogP contribution in [0.25, 0.3) is 0 Å². The Hall–Kier alpha value is -2.36. The number of nitrogens with one attached hydrogen (secondary N) is 2. The highest BCUT2D eigenvalue weighted by Crippen LogP contribution is 2.18. The van der Waals surface area contributed by atoms with Gasteiger partial charge < -0.3 is 15.5 Å². The molecule has 0 aliphatic rings. The van der Waals surface area contributed by atoms with E-state index in [4.69, 9.17) is 5.26 Å². The van der Waals surface area contributed by atoms with Gasteiger partial charge in [0, 0.05) is 41.1 Å². The van der Waals surface area contributed by atoms with Gasteiger partial charge in [-0.25, -0.2) is 0 Å². The van der Waals surface area contributed by atoms with Crippen molar-refractivity contribution in [2.45, 2.75) is 13.0 Å². The molecule has 1 aromatic carbocycles. The highest BCUT2D eigenvalue weighted by molar-refractivity contribution is 7.10. The Morgan fingerprint density at radius 2 is 1.96 bits per heavy atom. The first-order chi connectivity index (χ1) is 11.1. The summed E-state index contributed by atoms with van der Waals surface area (Å²) in [6.07, 6.45) is 0.479. The van der Waals surface area contributed by atoms with Gasteiger partial charge in [0.2, 0.25) is 5.91 Å². The van der Waals surface area contributed by atoms with Crippen LogP contribution in [0.5, 0.6) is 0 Å². The van der Waals surface area contributed by atoms with Gasteiger partial charge in [-0.2, -0.15) is 5.26 Å². The predicted molar refractivity (Wildman–Crippen MR) is 94.6 cm³/mol. The largest absolute Gasteiger partial charge is 0.380 e. The van der Waals surface area contributed by atoms with Gasteiger partial charge in [-0.15, -0.1) is 11.3 Å². The summed E-state index contributed by atoms with van der Waals surface area (Å²) in [5.74, 6) is 0.0158. The van der Waals surface area contributed by atoms with Gasteiger partial charge in [0.1, 0.15) is 6.07 Å².